The Morgan fingerprint density at radius 3 is 2.29 bits per heavy atom. The fourth-order valence-electron chi connectivity index (χ4n) is 4.91. The molecule has 0 saturated carbocycles. The van der Waals surface area contributed by atoms with Gasteiger partial charge >= 0.3 is 0 Å². The average molecular weight is 567 g/mol. The van der Waals surface area contributed by atoms with Gasteiger partial charge in [-0.1, -0.05) is 43.7 Å². The van der Waals surface area contributed by atoms with Gasteiger partial charge in [0.25, 0.3) is 5.91 Å². The average Bonchev–Trinajstić information content (AvgIpc) is 3.14. The summed E-state index contributed by atoms with van der Waals surface area (Å²) in [7, 11) is 1.92. The first kappa shape index (κ1) is 28.8. The van der Waals surface area contributed by atoms with Crippen LogP contribution in [0.25, 0.3) is 0 Å². The molecule has 0 bridgehead atoms. The number of benzene rings is 4. The molecule has 5 rings (SSSR count). The van der Waals surface area contributed by atoms with Gasteiger partial charge in [-0.15, -0.1) is 0 Å². The minimum absolute atomic E-state index is 0.133. The molecular formula is C34H32F2N4O2. The third kappa shape index (κ3) is 6.44. The molecule has 42 heavy (non-hydrogen) atoms. The van der Waals surface area contributed by atoms with Crippen LogP contribution in [0.2, 0.25) is 0 Å². The number of nitrogens with zero attached hydrogens (tertiary/aromatic N) is 3. The predicted octanol–water partition coefficient (Wildman–Crippen LogP) is 6.77. The third-order valence-electron chi connectivity index (χ3n) is 7.14. The topological polar surface area (TPSA) is 65.0 Å². The number of carbonyl (C=O) groups is 2. The van der Waals surface area contributed by atoms with Gasteiger partial charge in [-0.3, -0.25) is 19.4 Å². The van der Waals surface area contributed by atoms with Crippen molar-refractivity contribution in [3.8, 4) is 0 Å². The maximum Gasteiger partial charge on any atom is 0.251 e. The Kier molecular flexibility index (Phi) is 8.83. The van der Waals surface area contributed by atoms with Crippen molar-refractivity contribution < 1.29 is 18.4 Å². The van der Waals surface area contributed by atoms with Gasteiger partial charge < -0.3 is 5.32 Å². The van der Waals surface area contributed by atoms with Gasteiger partial charge in [0.05, 0.1) is 29.3 Å². The van der Waals surface area contributed by atoms with E-state index in [9.17, 15) is 18.4 Å². The number of unbranched alkanes of at least 4 members (excludes halogenated alkanes) is 1. The second kappa shape index (κ2) is 12.9. The molecule has 214 valence electrons. The zero-order valence-corrected chi connectivity index (χ0v) is 23.6. The van der Waals surface area contributed by atoms with E-state index in [0.29, 0.717) is 39.5 Å². The Hall–Kier alpha value is -4.69. The van der Waals surface area contributed by atoms with Crippen LogP contribution in [-0.4, -0.2) is 42.6 Å². The SMILES string of the molecule is CCCCN(C)CC(=O)N1c2ccc(C(=O)NCc3ccc(F)cc3)cc2N=C(c2ccc(F)cc2)c2ccccc21. The van der Waals surface area contributed by atoms with Crippen molar-refractivity contribution in [3.05, 3.63) is 125 Å². The summed E-state index contributed by atoms with van der Waals surface area (Å²) in [6, 6.07) is 24.5. The summed E-state index contributed by atoms with van der Waals surface area (Å²) in [5.41, 5.74) is 4.70. The normalized spacial score (nSPS) is 12.3. The minimum Gasteiger partial charge on any atom is -0.348 e. The maximum atomic E-state index is 13.9. The molecule has 6 nitrogen and oxygen atoms in total. The quantitative estimate of drug-likeness (QED) is 0.243. The molecule has 8 heteroatoms. The van der Waals surface area contributed by atoms with E-state index >= 15 is 0 Å². The lowest BCUT2D eigenvalue weighted by molar-refractivity contribution is -0.118. The third-order valence-corrected chi connectivity index (χ3v) is 7.14. The lowest BCUT2D eigenvalue weighted by Gasteiger charge is -2.27. The maximum absolute atomic E-state index is 13.9. The first-order valence-electron chi connectivity index (χ1n) is 14.0. The summed E-state index contributed by atoms with van der Waals surface area (Å²) in [6.45, 7) is 3.31. The van der Waals surface area contributed by atoms with Gasteiger partial charge in [-0.05, 0) is 86.2 Å². The second-order valence-corrected chi connectivity index (χ2v) is 10.3. The van der Waals surface area contributed by atoms with Crippen molar-refractivity contribution >= 4 is 34.6 Å². The van der Waals surface area contributed by atoms with E-state index in [0.717, 1.165) is 24.9 Å². The number of carbonyl (C=O) groups excluding carboxylic acids is 2. The molecule has 2 amide bonds. The van der Waals surface area contributed by atoms with Gasteiger partial charge in [0.1, 0.15) is 11.6 Å². The van der Waals surface area contributed by atoms with Crippen molar-refractivity contribution in [3.63, 3.8) is 0 Å². The highest BCUT2D eigenvalue weighted by Crippen LogP contribution is 2.41. The number of para-hydroxylation sites is 1. The number of likely N-dealkylation sites (N-methyl/N-ethyl adjacent to an activating group) is 1. The summed E-state index contributed by atoms with van der Waals surface area (Å²) in [5, 5.41) is 2.86. The van der Waals surface area contributed by atoms with Crippen LogP contribution < -0.4 is 10.2 Å². The van der Waals surface area contributed by atoms with E-state index in [1.54, 1.807) is 47.4 Å². The molecule has 0 fully saturated rings. The predicted molar refractivity (Wildman–Crippen MR) is 162 cm³/mol. The Labute approximate surface area is 244 Å². The molecule has 1 N–H and O–H groups in total. The van der Waals surface area contributed by atoms with E-state index in [4.69, 9.17) is 4.99 Å². The minimum atomic E-state index is -0.367. The van der Waals surface area contributed by atoms with Gasteiger partial charge in [0.15, 0.2) is 0 Å². The van der Waals surface area contributed by atoms with E-state index in [2.05, 4.69) is 12.2 Å². The molecule has 0 spiro atoms. The van der Waals surface area contributed by atoms with Crippen LogP contribution in [0, 0.1) is 11.6 Å². The number of fused-ring (bicyclic) bond motifs is 2. The van der Waals surface area contributed by atoms with Crippen LogP contribution in [0.5, 0.6) is 0 Å². The van der Waals surface area contributed by atoms with Crippen LogP contribution >= 0.6 is 0 Å². The fraction of sp³-hybridized carbons (Fsp3) is 0.206. The van der Waals surface area contributed by atoms with Gasteiger partial charge in [-0.2, -0.15) is 0 Å². The highest BCUT2D eigenvalue weighted by atomic mass is 19.1. The van der Waals surface area contributed by atoms with Crippen LogP contribution in [0.15, 0.2) is 96.0 Å². The van der Waals surface area contributed by atoms with E-state index in [-0.39, 0.29) is 36.5 Å². The fourth-order valence-corrected chi connectivity index (χ4v) is 4.91. The summed E-state index contributed by atoms with van der Waals surface area (Å²) >= 11 is 0. The molecule has 1 aliphatic heterocycles. The molecule has 0 radical (unpaired) electrons. The number of hydrogen-bond donors (Lipinski definition) is 1. The molecule has 0 atom stereocenters. The zero-order chi connectivity index (χ0) is 29.6. The van der Waals surface area contributed by atoms with Crippen molar-refractivity contribution in [1.82, 2.24) is 10.2 Å². The lowest BCUT2D eigenvalue weighted by atomic mass is 10.00. The highest BCUT2D eigenvalue weighted by Gasteiger charge is 2.29. The van der Waals surface area contributed by atoms with Crippen molar-refractivity contribution in [2.24, 2.45) is 4.99 Å². The van der Waals surface area contributed by atoms with Crippen LogP contribution in [0.4, 0.5) is 25.8 Å². The largest absolute Gasteiger partial charge is 0.348 e. The van der Waals surface area contributed by atoms with E-state index in [1.807, 2.05) is 36.2 Å². The van der Waals surface area contributed by atoms with Crippen molar-refractivity contribution in [1.29, 1.82) is 0 Å². The summed E-state index contributed by atoms with van der Waals surface area (Å²) < 4.78 is 27.1. The summed E-state index contributed by atoms with van der Waals surface area (Å²) in [5.74, 6) is -1.18. The Balaban J connectivity index is 1.56. The molecule has 0 saturated heterocycles. The van der Waals surface area contributed by atoms with E-state index in [1.165, 1.54) is 24.3 Å². The van der Waals surface area contributed by atoms with Crippen LogP contribution in [-0.2, 0) is 11.3 Å². The number of halogens is 2. The van der Waals surface area contributed by atoms with E-state index < -0.39 is 0 Å². The van der Waals surface area contributed by atoms with Crippen LogP contribution in [0.3, 0.4) is 0 Å². The zero-order valence-electron chi connectivity index (χ0n) is 23.6. The molecule has 1 heterocycles. The molecule has 0 aromatic heterocycles. The molecule has 4 aromatic carbocycles. The van der Waals surface area contributed by atoms with Crippen LogP contribution in [0.1, 0.15) is 46.8 Å². The van der Waals surface area contributed by atoms with Crippen molar-refractivity contribution in [2.75, 3.05) is 25.0 Å². The first-order valence-corrected chi connectivity index (χ1v) is 14.0. The number of aliphatic imine (C=N–C) groups is 1. The molecule has 0 aliphatic carbocycles. The highest BCUT2D eigenvalue weighted by molar-refractivity contribution is 6.21. The summed E-state index contributed by atoms with van der Waals surface area (Å²) in [6.07, 6.45) is 2.00. The standard InChI is InChI=1S/C34H32F2N4O2/c1-3-4-19-39(2)22-32(41)40-30-8-6-5-7-28(30)33(24-11-16-27(36)17-12-24)38-29-20-25(13-18-31(29)40)34(42)37-21-23-9-14-26(35)15-10-23/h5-18,20H,3-4,19,21-22H2,1-2H3,(H,37,42). The summed E-state index contributed by atoms with van der Waals surface area (Å²) in [4.78, 5) is 35.7. The smallest absolute Gasteiger partial charge is 0.251 e. The Morgan fingerprint density at radius 2 is 1.57 bits per heavy atom. The second-order valence-electron chi connectivity index (χ2n) is 10.3. The molecule has 4 aromatic rings. The Morgan fingerprint density at radius 1 is 0.881 bits per heavy atom. The first-order chi connectivity index (χ1) is 20.3. The van der Waals surface area contributed by atoms with Gasteiger partial charge in [0.2, 0.25) is 5.91 Å². The molecular weight excluding hydrogens is 534 g/mol. The van der Waals surface area contributed by atoms with Gasteiger partial charge in [-0.25, -0.2) is 13.8 Å². The lowest BCUT2D eigenvalue weighted by Crippen LogP contribution is -2.37. The number of rotatable bonds is 9. The number of amides is 2. The molecule has 1 aliphatic rings. The number of hydrogen-bond acceptors (Lipinski definition) is 4. The molecule has 0 unspecified atom stereocenters. The monoisotopic (exact) mass is 566 g/mol. The Bertz CT molecular complexity index is 1620. The van der Waals surface area contributed by atoms with Gasteiger partial charge in [0, 0.05) is 23.2 Å². The number of nitrogens with one attached hydrogen (secondary N) is 1. The number of anilines is 2. The van der Waals surface area contributed by atoms with Crippen molar-refractivity contribution in [2.45, 2.75) is 26.3 Å².